The number of nitriles is 1. The predicted octanol–water partition coefficient (Wildman–Crippen LogP) is 4.69. The first-order chi connectivity index (χ1) is 16.5. The number of rotatable bonds is 3. The number of benzene rings is 2. The van der Waals surface area contributed by atoms with Gasteiger partial charge >= 0.3 is 0 Å². The smallest absolute Gasteiger partial charge is 0.161 e. The summed E-state index contributed by atoms with van der Waals surface area (Å²) in [6.07, 6.45) is 5.37. The Morgan fingerprint density at radius 3 is 2.62 bits per heavy atom. The summed E-state index contributed by atoms with van der Waals surface area (Å²) in [4.78, 5) is 9.65. The molecule has 0 aliphatic carbocycles. The number of hydrogen-bond acceptors (Lipinski definition) is 4. The van der Waals surface area contributed by atoms with Crippen LogP contribution in [0.2, 0.25) is 0 Å². The molecule has 34 heavy (non-hydrogen) atoms. The van der Waals surface area contributed by atoms with E-state index < -0.39 is 0 Å². The molecule has 6 nitrogen and oxygen atoms in total. The highest BCUT2D eigenvalue weighted by atomic mass is 15.2. The molecular formula is C28H28N6. The van der Waals surface area contributed by atoms with Gasteiger partial charge in [-0.25, -0.2) is 4.98 Å². The molecular weight excluding hydrogens is 420 g/mol. The zero-order valence-corrected chi connectivity index (χ0v) is 19.9. The maximum atomic E-state index is 9.14. The zero-order chi connectivity index (χ0) is 23.4. The second-order valence-electron chi connectivity index (χ2n) is 9.65. The summed E-state index contributed by atoms with van der Waals surface area (Å²) in [6.45, 7) is 5.08. The van der Waals surface area contributed by atoms with E-state index in [1.807, 2.05) is 30.5 Å². The number of hydrogen-bond donors (Lipinski definition) is 0. The summed E-state index contributed by atoms with van der Waals surface area (Å²) < 4.78 is 4.60. The van der Waals surface area contributed by atoms with Crippen molar-refractivity contribution in [3.8, 4) is 34.4 Å². The molecule has 0 saturated carbocycles. The van der Waals surface area contributed by atoms with Crippen LogP contribution >= 0.6 is 0 Å². The van der Waals surface area contributed by atoms with Crippen molar-refractivity contribution in [2.75, 3.05) is 32.1 Å². The highest BCUT2D eigenvalue weighted by Gasteiger charge is 2.27. The van der Waals surface area contributed by atoms with Gasteiger partial charge in [-0.05, 0) is 75.0 Å². The van der Waals surface area contributed by atoms with Crippen LogP contribution in [0.3, 0.4) is 0 Å². The maximum Gasteiger partial charge on any atom is 0.161 e. The first-order valence-corrected chi connectivity index (χ1v) is 11.8. The molecule has 1 atom stereocenters. The van der Waals surface area contributed by atoms with Crippen molar-refractivity contribution in [1.29, 1.82) is 5.26 Å². The molecule has 0 N–H and O–H groups in total. The fraction of sp³-hybridized carbons (Fsp3) is 0.286. The van der Waals surface area contributed by atoms with Crippen molar-refractivity contribution in [1.82, 2.24) is 19.0 Å². The molecule has 0 bridgehead atoms. The second kappa shape index (κ2) is 7.89. The minimum atomic E-state index is 0.604. The minimum absolute atomic E-state index is 0.604. The highest BCUT2D eigenvalue weighted by molar-refractivity contribution is 5.73. The lowest BCUT2D eigenvalue weighted by molar-refractivity contribution is 0.315. The number of fused-ring (bicyclic) bond motifs is 5. The van der Waals surface area contributed by atoms with Crippen LogP contribution in [0.1, 0.15) is 23.2 Å². The van der Waals surface area contributed by atoms with Crippen molar-refractivity contribution in [2.45, 2.75) is 25.9 Å². The first-order valence-electron chi connectivity index (χ1n) is 11.8. The third-order valence-electron chi connectivity index (χ3n) is 7.31. The summed E-state index contributed by atoms with van der Waals surface area (Å²) in [5.74, 6) is 0.970. The van der Waals surface area contributed by atoms with E-state index in [2.05, 4.69) is 76.5 Å². The fourth-order valence-corrected chi connectivity index (χ4v) is 5.34. The molecule has 4 aromatic rings. The first kappa shape index (κ1) is 20.8. The van der Waals surface area contributed by atoms with Crippen LogP contribution < -0.4 is 4.90 Å². The molecule has 0 unspecified atom stereocenters. The second-order valence-corrected chi connectivity index (χ2v) is 9.65. The van der Waals surface area contributed by atoms with Crippen LogP contribution in [0.15, 0.2) is 60.9 Å². The van der Waals surface area contributed by atoms with Gasteiger partial charge in [0.15, 0.2) is 5.82 Å². The Labute approximate surface area is 200 Å². The van der Waals surface area contributed by atoms with E-state index in [1.54, 1.807) is 0 Å². The summed E-state index contributed by atoms with van der Waals surface area (Å²) in [7, 11) is 4.35. The van der Waals surface area contributed by atoms with Crippen molar-refractivity contribution in [3.63, 3.8) is 0 Å². The molecule has 0 amide bonds. The molecule has 1 saturated heterocycles. The van der Waals surface area contributed by atoms with Gasteiger partial charge in [-0.1, -0.05) is 12.1 Å². The lowest BCUT2D eigenvalue weighted by Crippen LogP contribution is -2.31. The average molecular weight is 449 g/mol. The lowest BCUT2D eigenvalue weighted by Gasteiger charge is -2.23. The standard InChI is InChI=1S/C28H28N6/c1-19-15-30-28-27-13-22(21-6-4-20(14-29)5-7-21)16-33(27)17-23-12-24(8-9-26(23)34(19)28)32-11-10-25(18-32)31(2)3/h4-9,12-13,15-16,25H,10-11,17-18H2,1-3H3/t25-/m1/s1. The summed E-state index contributed by atoms with van der Waals surface area (Å²) in [6, 6.07) is 19.7. The molecule has 4 heterocycles. The van der Waals surface area contributed by atoms with Crippen molar-refractivity contribution >= 4 is 5.69 Å². The Bertz CT molecular complexity index is 1420. The van der Waals surface area contributed by atoms with Gasteiger partial charge in [0.2, 0.25) is 0 Å². The molecule has 2 aliphatic heterocycles. The van der Waals surface area contributed by atoms with Crippen LogP contribution in [-0.4, -0.2) is 52.2 Å². The maximum absolute atomic E-state index is 9.14. The van der Waals surface area contributed by atoms with E-state index in [-0.39, 0.29) is 0 Å². The van der Waals surface area contributed by atoms with Gasteiger partial charge in [0.25, 0.3) is 0 Å². The fourth-order valence-electron chi connectivity index (χ4n) is 5.34. The number of anilines is 1. The Balaban J connectivity index is 1.43. The molecule has 0 spiro atoms. The Kier molecular flexibility index (Phi) is 4.82. The van der Waals surface area contributed by atoms with E-state index in [0.717, 1.165) is 48.0 Å². The van der Waals surface area contributed by atoms with Gasteiger partial charge in [0.05, 0.1) is 23.0 Å². The SMILES string of the molecule is Cc1cnc2n1-c1ccc(N3CC[C@@H](N(C)C)C3)cc1Cn1cc(-c3ccc(C#N)cc3)cc1-2. The van der Waals surface area contributed by atoms with Gasteiger partial charge in [-0.15, -0.1) is 0 Å². The van der Waals surface area contributed by atoms with E-state index in [1.165, 1.54) is 23.4 Å². The van der Waals surface area contributed by atoms with Gasteiger partial charge in [0.1, 0.15) is 0 Å². The third-order valence-corrected chi connectivity index (χ3v) is 7.31. The summed E-state index contributed by atoms with van der Waals surface area (Å²) >= 11 is 0. The van der Waals surface area contributed by atoms with E-state index in [9.17, 15) is 0 Å². The topological polar surface area (TPSA) is 53.0 Å². The molecule has 2 aliphatic rings. The summed E-state index contributed by atoms with van der Waals surface area (Å²) in [5, 5.41) is 9.14. The molecule has 2 aromatic carbocycles. The number of likely N-dealkylation sites (N-methyl/N-ethyl adjacent to an activating group) is 1. The quantitative estimate of drug-likeness (QED) is 0.402. The van der Waals surface area contributed by atoms with Crippen LogP contribution in [-0.2, 0) is 6.54 Å². The highest BCUT2D eigenvalue weighted by Crippen LogP contribution is 2.36. The molecule has 6 heteroatoms. The molecule has 0 radical (unpaired) electrons. The van der Waals surface area contributed by atoms with Crippen LogP contribution in [0.4, 0.5) is 5.69 Å². The Hall–Kier alpha value is -3.82. The monoisotopic (exact) mass is 448 g/mol. The van der Waals surface area contributed by atoms with Gasteiger partial charge < -0.3 is 14.4 Å². The predicted molar refractivity (Wildman–Crippen MR) is 135 cm³/mol. The van der Waals surface area contributed by atoms with Gasteiger partial charge in [0, 0.05) is 55.0 Å². The number of aromatic nitrogens is 3. The lowest BCUT2D eigenvalue weighted by atomic mass is 10.1. The number of aryl methyl sites for hydroxylation is 1. The van der Waals surface area contributed by atoms with Crippen molar-refractivity contribution in [3.05, 3.63) is 77.7 Å². The number of imidazole rings is 1. The largest absolute Gasteiger partial charge is 0.370 e. The minimum Gasteiger partial charge on any atom is -0.370 e. The molecule has 6 rings (SSSR count). The molecule has 170 valence electrons. The Morgan fingerprint density at radius 1 is 1.06 bits per heavy atom. The summed E-state index contributed by atoms with van der Waals surface area (Å²) in [5.41, 5.74) is 8.97. The van der Waals surface area contributed by atoms with Crippen molar-refractivity contribution < 1.29 is 0 Å². The van der Waals surface area contributed by atoms with Gasteiger partial charge in [-0.2, -0.15) is 5.26 Å². The van der Waals surface area contributed by atoms with Crippen LogP contribution in [0.25, 0.3) is 28.3 Å². The van der Waals surface area contributed by atoms with Crippen LogP contribution in [0, 0.1) is 18.3 Å². The third kappa shape index (κ3) is 3.32. The van der Waals surface area contributed by atoms with E-state index in [0.29, 0.717) is 11.6 Å². The van der Waals surface area contributed by atoms with E-state index in [4.69, 9.17) is 10.2 Å². The normalized spacial score (nSPS) is 16.7. The van der Waals surface area contributed by atoms with Crippen molar-refractivity contribution in [2.24, 2.45) is 0 Å². The molecule has 1 fully saturated rings. The molecule has 2 aromatic heterocycles. The van der Waals surface area contributed by atoms with Crippen LogP contribution in [0.5, 0.6) is 0 Å². The average Bonchev–Trinajstić information content (AvgIpc) is 3.57. The number of nitrogens with zero attached hydrogens (tertiary/aromatic N) is 6. The zero-order valence-electron chi connectivity index (χ0n) is 19.9. The Morgan fingerprint density at radius 2 is 1.88 bits per heavy atom. The van der Waals surface area contributed by atoms with E-state index >= 15 is 0 Å². The van der Waals surface area contributed by atoms with Gasteiger partial charge in [-0.3, -0.25) is 4.57 Å².